The van der Waals surface area contributed by atoms with E-state index in [1.54, 1.807) is 12.1 Å². The lowest BCUT2D eigenvalue weighted by atomic mass is 10.1. The second kappa shape index (κ2) is 5.92. The fourth-order valence-corrected chi connectivity index (χ4v) is 4.15. The van der Waals surface area contributed by atoms with E-state index in [1.165, 1.54) is 0 Å². The Hall–Kier alpha value is -1.15. The van der Waals surface area contributed by atoms with Crippen molar-refractivity contribution < 1.29 is 23.4 Å². The van der Waals surface area contributed by atoms with Gasteiger partial charge in [-0.15, -0.1) is 0 Å². The first kappa shape index (κ1) is 16.2. The Balaban J connectivity index is 2.21. The third kappa shape index (κ3) is 3.21. The number of rotatable bonds is 7. The lowest BCUT2D eigenvalue weighted by Crippen LogP contribution is -2.36. The van der Waals surface area contributed by atoms with E-state index in [0.717, 1.165) is 11.3 Å². The van der Waals surface area contributed by atoms with Crippen molar-refractivity contribution in [1.82, 2.24) is 0 Å². The van der Waals surface area contributed by atoms with Gasteiger partial charge in [0.2, 0.25) is 10.0 Å². The Kier molecular flexibility index (Phi) is 4.57. The summed E-state index contributed by atoms with van der Waals surface area (Å²) in [5.74, 6) is 0.461. The fraction of sp³-hybridized carbons (Fsp3) is 0.571. The fourth-order valence-electron chi connectivity index (χ4n) is 2.79. The summed E-state index contributed by atoms with van der Waals surface area (Å²) in [4.78, 5) is 0. The predicted octanol–water partition coefficient (Wildman–Crippen LogP) is 0.343. The zero-order valence-electron chi connectivity index (χ0n) is 11.9. The highest BCUT2D eigenvalue weighted by Gasteiger charge is 2.63. The molecule has 1 aromatic carbocycles. The van der Waals surface area contributed by atoms with Crippen molar-refractivity contribution in [2.75, 3.05) is 13.2 Å². The second-order valence-electron chi connectivity index (χ2n) is 5.41. The van der Waals surface area contributed by atoms with Crippen molar-refractivity contribution in [1.29, 1.82) is 0 Å². The molecule has 0 aromatic heterocycles. The molecule has 21 heavy (non-hydrogen) atoms. The quantitative estimate of drug-likeness (QED) is 0.672. The van der Waals surface area contributed by atoms with E-state index in [4.69, 9.17) is 15.0 Å². The third-order valence-corrected chi connectivity index (χ3v) is 5.73. The van der Waals surface area contributed by atoms with Crippen molar-refractivity contribution in [3.63, 3.8) is 0 Å². The van der Waals surface area contributed by atoms with E-state index in [-0.39, 0.29) is 12.3 Å². The lowest BCUT2D eigenvalue weighted by Gasteiger charge is -2.18. The van der Waals surface area contributed by atoms with Gasteiger partial charge in [-0.3, -0.25) is 0 Å². The summed E-state index contributed by atoms with van der Waals surface area (Å²) < 4.78 is 27.9. The molecule has 0 saturated heterocycles. The van der Waals surface area contributed by atoms with Crippen LogP contribution in [0, 0.1) is 0 Å². The first-order valence-electron chi connectivity index (χ1n) is 6.88. The maximum atomic E-state index is 11.9. The zero-order valence-corrected chi connectivity index (χ0v) is 12.7. The molecule has 0 bridgehead atoms. The Morgan fingerprint density at radius 3 is 2.52 bits per heavy atom. The van der Waals surface area contributed by atoms with Crippen LogP contribution < -0.4 is 9.88 Å². The number of sulfonamides is 1. The number of hydrogen-bond acceptors (Lipinski definition) is 5. The van der Waals surface area contributed by atoms with E-state index >= 15 is 0 Å². The van der Waals surface area contributed by atoms with E-state index in [1.807, 2.05) is 19.1 Å². The predicted molar refractivity (Wildman–Crippen MR) is 78.5 cm³/mol. The molecular weight excluding hydrogens is 294 g/mol. The molecule has 3 atom stereocenters. The van der Waals surface area contributed by atoms with E-state index in [2.05, 4.69) is 0 Å². The van der Waals surface area contributed by atoms with Crippen LogP contribution in [0.15, 0.2) is 24.3 Å². The van der Waals surface area contributed by atoms with Crippen LogP contribution in [0.2, 0.25) is 0 Å². The molecule has 1 fully saturated rings. The number of aliphatic hydroxyl groups is 2. The Bertz CT molecular complexity index is 586. The van der Waals surface area contributed by atoms with Gasteiger partial charge >= 0.3 is 0 Å². The van der Waals surface area contributed by atoms with Crippen LogP contribution in [-0.4, -0.2) is 42.7 Å². The average molecular weight is 315 g/mol. The second-order valence-corrected chi connectivity index (χ2v) is 7.31. The molecule has 1 aliphatic rings. The number of nitrogens with two attached hydrogens (primary N) is 1. The van der Waals surface area contributed by atoms with E-state index in [0.29, 0.717) is 13.0 Å². The Morgan fingerprint density at radius 1 is 1.43 bits per heavy atom. The molecule has 0 radical (unpaired) electrons. The van der Waals surface area contributed by atoms with E-state index < -0.39 is 27.5 Å². The molecule has 118 valence electrons. The van der Waals surface area contributed by atoms with Crippen LogP contribution in [0.5, 0.6) is 5.75 Å². The number of primary sulfonamides is 1. The standard InChI is InChI=1S/C14H21NO5S/c1-2-20-12-5-3-10(4-6-12)13-8-14(13,21(15,18)19)7-11(17)9-16/h3-6,11,13,16-17H,2,7-9H2,1H3,(H2,15,18,19). The SMILES string of the molecule is CCOc1ccc(C2CC2(CC(O)CO)S(N)(=O)=O)cc1. The van der Waals surface area contributed by atoms with Crippen LogP contribution in [0.3, 0.4) is 0 Å². The van der Waals surface area contributed by atoms with Gasteiger partial charge < -0.3 is 14.9 Å². The number of hydrogen-bond donors (Lipinski definition) is 3. The topological polar surface area (TPSA) is 110 Å². The van der Waals surface area contributed by atoms with Crippen LogP contribution in [0.25, 0.3) is 0 Å². The highest BCUT2D eigenvalue weighted by molar-refractivity contribution is 7.91. The molecular formula is C14H21NO5S. The van der Waals surface area contributed by atoms with Crippen molar-refractivity contribution in [2.45, 2.75) is 36.5 Å². The molecule has 6 nitrogen and oxygen atoms in total. The average Bonchev–Trinajstić information content (AvgIpc) is 3.15. The van der Waals surface area contributed by atoms with Gasteiger partial charge in [-0.05, 0) is 37.5 Å². The molecule has 0 heterocycles. The largest absolute Gasteiger partial charge is 0.494 e. The third-order valence-electron chi connectivity index (χ3n) is 3.98. The number of benzene rings is 1. The molecule has 1 aromatic rings. The first-order valence-corrected chi connectivity index (χ1v) is 8.42. The van der Waals surface area contributed by atoms with Gasteiger partial charge in [-0.2, -0.15) is 0 Å². The van der Waals surface area contributed by atoms with Gasteiger partial charge in [0.1, 0.15) is 5.75 Å². The lowest BCUT2D eigenvalue weighted by molar-refractivity contribution is 0.0853. The van der Waals surface area contributed by atoms with Crippen LogP contribution in [0.4, 0.5) is 0 Å². The van der Waals surface area contributed by atoms with Gasteiger partial charge in [0.15, 0.2) is 0 Å². The molecule has 1 saturated carbocycles. The first-order chi connectivity index (χ1) is 9.84. The molecule has 0 spiro atoms. The van der Waals surface area contributed by atoms with Gasteiger partial charge in [0, 0.05) is 5.92 Å². The van der Waals surface area contributed by atoms with Gasteiger partial charge in [-0.25, -0.2) is 13.6 Å². The summed E-state index contributed by atoms with van der Waals surface area (Å²) in [6.07, 6.45) is -0.784. The molecule has 1 aliphatic carbocycles. The summed E-state index contributed by atoms with van der Waals surface area (Å²) in [6.45, 7) is 1.97. The van der Waals surface area contributed by atoms with Crippen molar-refractivity contribution in [3.8, 4) is 5.75 Å². The normalized spacial score (nSPS) is 26.4. The summed E-state index contributed by atoms with van der Waals surface area (Å²) in [7, 11) is -3.82. The molecule has 2 rings (SSSR count). The van der Waals surface area contributed by atoms with Crippen LogP contribution in [0.1, 0.15) is 31.2 Å². The van der Waals surface area contributed by atoms with E-state index in [9.17, 15) is 13.5 Å². The summed E-state index contributed by atoms with van der Waals surface area (Å²) >= 11 is 0. The molecule has 0 aliphatic heterocycles. The zero-order chi connectivity index (χ0) is 15.7. The van der Waals surface area contributed by atoms with Crippen LogP contribution in [-0.2, 0) is 10.0 Å². The highest BCUT2D eigenvalue weighted by atomic mass is 32.2. The smallest absolute Gasteiger partial charge is 0.215 e. The van der Waals surface area contributed by atoms with Crippen molar-refractivity contribution in [2.24, 2.45) is 5.14 Å². The highest BCUT2D eigenvalue weighted by Crippen LogP contribution is 2.58. The molecule has 7 heteroatoms. The molecule has 3 unspecified atom stereocenters. The maximum absolute atomic E-state index is 11.9. The minimum Gasteiger partial charge on any atom is -0.494 e. The van der Waals surface area contributed by atoms with Gasteiger partial charge in [0.25, 0.3) is 0 Å². The van der Waals surface area contributed by atoms with Crippen LogP contribution >= 0.6 is 0 Å². The minimum atomic E-state index is -3.82. The monoisotopic (exact) mass is 315 g/mol. The Morgan fingerprint density at radius 2 is 2.05 bits per heavy atom. The molecule has 0 amide bonds. The van der Waals surface area contributed by atoms with Crippen molar-refractivity contribution >= 4 is 10.0 Å². The molecule has 4 N–H and O–H groups in total. The number of aliphatic hydroxyl groups excluding tert-OH is 2. The maximum Gasteiger partial charge on any atom is 0.215 e. The summed E-state index contributed by atoms with van der Waals surface area (Å²) in [6, 6.07) is 7.20. The summed E-state index contributed by atoms with van der Waals surface area (Å²) in [5, 5.41) is 23.9. The van der Waals surface area contributed by atoms with Gasteiger partial charge in [0.05, 0.1) is 24.1 Å². The number of ether oxygens (including phenoxy) is 1. The minimum absolute atomic E-state index is 0.0553. The van der Waals surface area contributed by atoms with Gasteiger partial charge in [-0.1, -0.05) is 12.1 Å². The van der Waals surface area contributed by atoms with Crippen molar-refractivity contribution in [3.05, 3.63) is 29.8 Å². The summed E-state index contributed by atoms with van der Waals surface area (Å²) in [5.41, 5.74) is 0.845. The Labute approximate surface area is 124 Å².